The summed E-state index contributed by atoms with van der Waals surface area (Å²) in [6.07, 6.45) is 0. The van der Waals surface area contributed by atoms with Gasteiger partial charge in [-0.3, -0.25) is 0 Å². The minimum absolute atomic E-state index is 0.286. The van der Waals surface area contributed by atoms with Crippen LogP contribution >= 0.6 is 35.2 Å². The molecule has 1 aromatic heterocycles. The molecule has 1 aromatic rings. The second-order valence-electron chi connectivity index (χ2n) is 5.07. The largest absolute Gasteiger partial charge is 0.359 e. The number of nitrogens with one attached hydrogen (secondary N) is 1. The fourth-order valence-corrected chi connectivity index (χ4v) is 5.35. The van der Waals surface area contributed by atoms with Gasteiger partial charge in [-0.2, -0.15) is 4.31 Å². The fraction of sp³-hybridized carbons (Fsp3) is 0.462. The number of hydrogen-bond donors (Lipinski definition) is 1. The summed E-state index contributed by atoms with van der Waals surface area (Å²) < 4.78 is 27.2. The average Bonchev–Trinajstić information content (AvgIpc) is 2.92. The van der Waals surface area contributed by atoms with Gasteiger partial charge >= 0.3 is 0 Å². The Bertz CT molecular complexity index is 664. The van der Waals surface area contributed by atoms with E-state index in [-0.39, 0.29) is 4.21 Å². The first kappa shape index (κ1) is 17.7. The molecule has 5 nitrogen and oxygen atoms in total. The normalized spacial score (nSPS) is 16.5. The lowest BCUT2D eigenvalue weighted by atomic mass is 10.3. The van der Waals surface area contributed by atoms with Crippen molar-refractivity contribution in [2.45, 2.75) is 11.1 Å². The van der Waals surface area contributed by atoms with Gasteiger partial charge in [-0.05, 0) is 31.3 Å². The van der Waals surface area contributed by atoms with Crippen molar-refractivity contribution >= 4 is 50.3 Å². The van der Waals surface area contributed by atoms with Crippen LogP contribution in [0, 0.1) is 0 Å². The minimum atomic E-state index is -3.45. The Labute approximate surface area is 145 Å². The number of thiophene rings is 1. The monoisotopic (exact) mass is 379 g/mol. The minimum Gasteiger partial charge on any atom is -0.359 e. The molecule has 0 aromatic carbocycles. The molecule has 0 aliphatic carbocycles. The van der Waals surface area contributed by atoms with E-state index >= 15 is 0 Å². The molecule has 1 fully saturated rings. The van der Waals surface area contributed by atoms with E-state index in [2.05, 4.69) is 11.9 Å². The van der Waals surface area contributed by atoms with Crippen molar-refractivity contribution < 1.29 is 8.42 Å². The molecule has 0 amide bonds. The van der Waals surface area contributed by atoms with Gasteiger partial charge < -0.3 is 10.2 Å². The maximum atomic E-state index is 12.5. The van der Waals surface area contributed by atoms with Gasteiger partial charge in [0.1, 0.15) is 4.21 Å². The SMILES string of the molecule is C=C(C)CNC(=S)N1CCN(S(=O)(=O)c2ccc(Cl)s2)CC1. The predicted molar refractivity (Wildman–Crippen MR) is 95.1 cm³/mol. The highest BCUT2D eigenvalue weighted by atomic mass is 35.5. The topological polar surface area (TPSA) is 52.6 Å². The molecule has 1 aliphatic rings. The van der Waals surface area contributed by atoms with Crippen LogP contribution in [0.1, 0.15) is 6.92 Å². The van der Waals surface area contributed by atoms with E-state index in [1.54, 1.807) is 12.1 Å². The number of piperazine rings is 1. The number of thiocarbonyl (C=S) groups is 1. The molecule has 0 bridgehead atoms. The zero-order valence-corrected chi connectivity index (χ0v) is 15.4. The molecule has 1 saturated heterocycles. The van der Waals surface area contributed by atoms with Crippen molar-refractivity contribution in [1.82, 2.24) is 14.5 Å². The quantitative estimate of drug-likeness (QED) is 0.641. The molecule has 1 N–H and O–H groups in total. The summed E-state index contributed by atoms with van der Waals surface area (Å²) in [5.74, 6) is 0. The lowest BCUT2D eigenvalue weighted by molar-refractivity contribution is 0.264. The highest BCUT2D eigenvalue weighted by Gasteiger charge is 2.30. The fourth-order valence-electron chi connectivity index (χ4n) is 2.03. The summed E-state index contributed by atoms with van der Waals surface area (Å²) in [5.41, 5.74) is 0.998. The third-order valence-electron chi connectivity index (χ3n) is 3.21. The van der Waals surface area contributed by atoms with E-state index in [0.717, 1.165) is 16.9 Å². The summed E-state index contributed by atoms with van der Waals surface area (Å²) in [4.78, 5) is 1.98. The van der Waals surface area contributed by atoms with Gasteiger partial charge in [-0.25, -0.2) is 8.42 Å². The van der Waals surface area contributed by atoms with Gasteiger partial charge in [-0.1, -0.05) is 23.8 Å². The van der Waals surface area contributed by atoms with Gasteiger partial charge in [0.2, 0.25) is 0 Å². The van der Waals surface area contributed by atoms with E-state index in [4.69, 9.17) is 23.8 Å². The van der Waals surface area contributed by atoms with Crippen LogP contribution in [0.3, 0.4) is 0 Å². The second kappa shape index (κ2) is 7.27. The molecule has 2 heterocycles. The molecule has 22 heavy (non-hydrogen) atoms. The summed E-state index contributed by atoms with van der Waals surface area (Å²) in [6.45, 7) is 8.33. The van der Waals surface area contributed by atoms with Crippen LogP contribution in [0.15, 0.2) is 28.5 Å². The molecule has 2 rings (SSSR count). The lowest BCUT2D eigenvalue weighted by Crippen LogP contribution is -2.53. The van der Waals surface area contributed by atoms with E-state index < -0.39 is 10.0 Å². The van der Waals surface area contributed by atoms with Crippen molar-refractivity contribution in [3.63, 3.8) is 0 Å². The number of nitrogens with zero attached hydrogens (tertiary/aromatic N) is 2. The molecular weight excluding hydrogens is 362 g/mol. The van der Waals surface area contributed by atoms with Gasteiger partial charge in [-0.15, -0.1) is 11.3 Å². The van der Waals surface area contributed by atoms with Crippen LogP contribution in [0.2, 0.25) is 4.34 Å². The number of rotatable bonds is 4. The molecule has 1 aliphatic heterocycles. The van der Waals surface area contributed by atoms with Gasteiger partial charge in [0.15, 0.2) is 5.11 Å². The average molecular weight is 380 g/mol. The highest BCUT2D eigenvalue weighted by molar-refractivity contribution is 7.91. The Balaban J connectivity index is 1.94. The first-order chi connectivity index (χ1) is 10.3. The van der Waals surface area contributed by atoms with Crippen molar-refractivity contribution in [3.05, 3.63) is 28.6 Å². The Morgan fingerprint density at radius 2 is 2.05 bits per heavy atom. The summed E-state index contributed by atoms with van der Waals surface area (Å²) >= 11 is 12.2. The standard InChI is InChI=1S/C13H18ClN3O2S3/c1-10(2)9-15-13(20)16-5-7-17(8-6-16)22(18,19)12-4-3-11(14)21-12/h3-4H,1,5-9H2,2H3,(H,15,20). The summed E-state index contributed by atoms with van der Waals surface area (Å²) in [6, 6.07) is 3.15. The van der Waals surface area contributed by atoms with Crippen LogP contribution in [0.4, 0.5) is 0 Å². The van der Waals surface area contributed by atoms with Crippen molar-refractivity contribution in [3.8, 4) is 0 Å². The molecule has 0 spiro atoms. The molecule has 0 radical (unpaired) electrons. The van der Waals surface area contributed by atoms with Crippen molar-refractivity contribution in [1.29, 1.82) is 0 Å². The maximum Gasteiger partial charge on any atom is 0.252 e. The summed E-state index contributed by atoms with van der Waals surface area (Å²) in [5, 5.41) is 3.75. The number of sulfonamides is 1. The molecule has 0 saturated carbocycles. The zero-order valence-electron chi connectivity index (χ0n) is 12.2. The van der Waals surface area contributed by atoms with Gasteiger partial charge in [0.05, 0.1) is 4.34 Å². The molecule has 0 atom stereocenters. The van der Waals surface area contributed by atoms with Crippen molar-refractivity contribution in [2.75, 3.05) is 32.7 Å². The van der Waals surface area contributed by atoms with Gasteiger partial charge in [0.25, 0.3) is 10.0 Å². The lowest BCUT2D eigenvalue weighted by Gasteiger charge is -2.35. The van der Waals surface area contributed by atoms with Gasteiger partial charge in [0, 0.05) is 32.7 Å². The summed E-state index contributed by atoms with van der Waals surface area (Å²) in [7, 11) is -3.45. The number of hydrogen-bond acceptors (Lipinski definition) is 4. The van der Waals surface area contributed by atoms with Crippen LogP contribution in [0.25, 0.3) is 0 Å². The molecule has 122 valence electrons. The maximum absolute atomic E-state index is 12.5. The predicted octanol–water partition coefficient (Wildman–Crippen LogP) is 2.16. The Morgan fingerprint density at radius 3 is 2.55 bits per heavy atom. The van der Waals surface area contributed by atoms with Crippen molar-refractivity contribution in [2.24, 2.45) is 0 Å². The van der Waals surface area contributed by atoms with E-state index in [1.807, 2.05) is 11.8 Å². The number of halogens is 1. The van der Waals surface area contributed by atoms with E-state index in [9.17, 15) is 8.42 Å². The highest BCUT2D eigenvalue weighted by Crippen LogP contribution is 2.28. The Hall–Kier alpha value is -0.670. The third-order valence-corrected chi connectivity index (χ3v) is 7.21. The second-order valence-corrected chi connectivity index (χ2v) is 9.33. The zero-order chi connectivity index (χ0) is 16.3. The third kappa shape index (κ3) is 4.20. The molecule has 9 heteroatoms. The smallest absolute Gasteiger partial charge is 0.252 e. The Morgan fingerprint density at radius 1 is 1.41 bits per heavy atom. The first-order valence-corrected chi connectivity index (χ1v) is 9.77. The van der Waals surface area contributed by atoms with E-state index in [0.29, 0.717) is 42.2 Å². The Kier molecular flexibility index (Phi) is 5.84. The van der Waals surface area contributed by atoms with Crippen LogP contribution < -0.4 is 5.32 Å². The van der Waals surface area contributed by atoms with E-state index in [1.165, 1.54) is 4.31 Å². The van der Waals surface area contributed by atoms with Crippen LogP contribution in [-0.4, -0.2) is 55.5 Å². The van der Waals surface area contributed by atoms with Crippen LogP contribution in [-0.2, 0) is 10.0 Å². The van der Waals surface area contributed by atoms with Crippen LogP contribution in [0.5, 0.6) is 0 Å². The first-order valence-electron chi connectivity index (χ1n) is 6.73. The molecular formula is C13H18ClN3O2S3. The molecule has 0 unspecified atom stereocenters.